The van der Waals surface area contributed by atoms with Crippen LogP contribution in [0.15, 0.2) is 54.6 Å². The second-order valence-corrected chi connectivity index (χ2v) is 7.30. The molecule has 1 aromatic heterocycles. The number of ether oxygens (including phenoxy) is 2. The molecule has 0 saturated carbocycles. The first-order valence-electron chi connectivity index (χ1n) is 10.4. The Labute approximate surface area is 180 Å². The summed E-state index contributed by atoms with van der Waals surface area (Å²) in [5.41, 5.74) is 1.75. The molecule has 1 aliphatic heterocycles. The number of rotatable bonds is 8. The number of morpholine rings is 1. The van der Waals surface area contributed by atoms with E-state index in [-0.39, 0.29) is 25.0 Å². The average Bonchev–Trinajstić information content (AvgIpc) is 3.16. The van der Waals surface area contributed by atoms with Gasteiger partial charge in [-0.15, -0.1) is 0 Å². The van der Waals surface area contributed by atoms with Gasteiger partial charge < -0.3 is 24.3 Å². The van der Waals surface area contributed by atoms with Crippen molar-refractivity contribution in [2.45, 2.75) is 13.0 Å². The number of fused-ring (bicyclic) bond motifs is 1. The van der Waals surface area contributed by atoms with E-state index >= 15 is 0 Å². The predicted octanol–water partition coefficient (Wildman–Crippen LogP) is 1.63. The Balaban J connectivity index is 1.37. The van der Waals surface area contributed by atoms with Crippen molar-refractivity contribution in [3.63, 3.8) is 0 Å². The lowest BCUT2D eigenvalue weighted by Crippen LogP contribution is -2.42. The normalized spacial score (nSPS) is 13.9. The summed E-state index contributed by atoms with van der Waals surface area (Å²) in [6.45, 7) is 2.94. The monoisotopic (exact) mass is 422 g/mol. The molecule has 0 atom stereocenters. The van der Waals surface area contributed by atoms with E-state index in [1.54, 1.807) is 12.1 Å². The molecule has 0 bridgehead atoms. The number of aromatic nitrogens is 2. The summed E-state index contributed by atoms with van der Waals surface area (Å²) in [7, 11) is 0. The van der Waals surface area contributed by atoms with Gasteiger partial charge in [-0.2, -0.15) is 0 Å². The van der Waals surface area contributed by atoms with Crippen molar-refractivity contribution in [3.8, 4) is 5.75 Å². The van der Waals surface area contributed by atoms with Crippen molar-refractivity contribution < 1.29 is 19.1 Å². The molecule has 1 N–H and O–H groups in total. The Kier molecular flexibility index (Phi) is 6.78. The fourth-order valence-corrected chi connectivity index (χ4v) is 3.57. The van der Waals surface area contributed by atoms with E-state index in [0.717, 1.165) is 16.9 Å². The van der Waals surface area contributed by atoms with Crippen molar-refractivity contribution in [3.05, 3.63) is 60.4 Å². The quantitative estimate of drug-likeness (QED) is 0.596. The van der Waals surface area contributed by atoms with Crippen LogP contribution in [-0.4, -0.2) is 65.7 Å². The van der Waals surface area contributed by atoms with Crippen LogP contribution >= 0.6 is 0 Å². The van der Waals surface area contributed by atoms with Gasteiger partial charge in [-0.05, 0) is 24.3 Å². The molecule has 3 aromatic rings. The highest BCUT2D eigenvalue weighted by Crippen LogP contribution is 2.17. The van der Waals surface area contributed by atoms with E-state index < -0.39 is 0 Å². The number of para-hydroxylation sites is 3. The fraction of sp³-hybridized carbons (Fsp3) is 0.348. The first kappa shape index (κ1) is 20.9. The molecule has 1 aliphatic rings. The van der Waals surface area contributed by atoms with E-state index in [4.69, 9.17) is 9.47 Å². The third kappa shape index (κ3) is 5.40. The molecule has 0 unspecified atom stereocenters. The molecule has 8 nitrogen and oxygen atoms in total. The predicted molar refractivity (Wildman–Crippen MR) is 116 cm³/mol. The van der Waals surface area contributed by atoms with Crippen molar-refractivity contribution in [2.24, 2.45) is 0 Å². The molecule has 1 saturated heterocycles. The highest BCUT2D eigenvalue weighted by molar-refractivity contribution is 5.81. The van der Waals surface area contributed by atoms with Crippen molar-refractivity contribution in [1.82, 2.24) is 19.8 Å². The molecule has 1 fully saturated rings. The Hall–Kier alpha value is -3.39. The Morgan fingerprint density at radius 1 is 1.03 bits per heavy atom. The molecule has 8 heteroatoms. The maximum atomic E-state index is 12.8. The van der Waals surface area contributed by atoms with E-state index in [1.807, 2.05) is 51.9 Å². The SMILES string of the molecule is O=C(COc1ccccc1)NCCc1nc2ccccc2n1CC(=O)N1CCOCC1. The van der Waals surface area contributed by atoms with E-state index in [2.05, 4.69) is 10.3 Å². The lowest BCUT2D eigenvalue weighted by atomic mass is 10.3. The fourth-order valence-electron chi connectivity index (χ4n) is 3.57. The number of benzene rings is 2. The molecule has 2 heterocycles. The van der Waals surface area contributed by atoms with E-state index in [9.17, 15) is 9.59 Å². The van der Waals surface area contributed by atoms with Crippen LogP contribution < -0.4 is 10.1 Å². The molecule has 2 aromatic carbocycles. The molecular formula is C23H26N4O4. The first-order valence-corrected chi connectivity index (χ1v) is 10.4. The van der Waals surface area contributed by atoms with Crippen LogP contribution in [0, 0.1) is 0 Å². The van der Waals surface area contributed by atoms with Gasteiger partial charge in [-0.1, -0.05) is 30.3 Å². The van der Waals surface area contributed by atoms with Crippen molar-refractivity contribution in [2.75, 3.05) is 39.5 Å². The van der Waals surface area contributed by atoms with Crippen LogP contribution in [0.5, 0.6) is 5.75 Å². The van der Waals surface area contributed by atoms with Gasteiger partial charge in [-0.3, -0.25) is 9.59 Å². The number of nitrogens with zero attached hydrogens (tertiary/aromatic N) is 3. The van der Waals surface area contributed by atoms with Crippen LogP contribution in [0.4, 0.5) is 0 Å². The van der Waals surface area contributed by atoms with Gasteiger partial charge in [0.1, 0.15) is 18.1 Å². The molecular weight excluding hydrogens is 396 g/mol. The standard InChI is InChI=1S/C23H26N4O4/c28-22(17-31-18-6-2-1-3-7-18)24-11-10-21-25-19-8-4-5-9-20(19)27(21)16-23(29)26-12-14-30-15-13-26/h1-9H,10-17H2,(H,24,28). The summed E-state index contributed by atoms with van der Waals surface area (Å²) in [5, 5.41) is 2.86. The molecule has 0 radical (unpaired) electrons. The summed E-state index contributed by atoms with van der Waals surface area (Å²) in [6.07, 6.45) is 0.516. The van der Waals surface area contributed by atoms with Crippen LogP contribution in [-0.2, 0) is 27.3 Å². The lowest BCUT2D eigenvalue weighted by molar-refractivity contribution is -0.135. The van der Waals surface area contributed by atoms with Crippen LogP contribution in [0.2, 0.25) is 0 Å². The maximum Gasteiger partial charge on any atom is 0.257 e. The number of hydrogen-bond donors (Lipinski definition) is 1. The average molecular weight is 422 g/mol. The highest BCUT2D eigenvalue weighted by atomic mass is 16.5. The Morgan fingerprint density at radius 3 is 2.58 bits per heavy atom. The van der Waals surface area contributed by atoms with Crippen LogP contribution in [0.25, 0.3) is 11.0 Å². The Bertz CT molecular complexity index is 1030. The minimum atomic E-state index is -0.198. The second-order valence-electron chi connectivity index (χ2n) is 7.30. The third-order valence-electron chi connectivity index (χ3n) is 5.17. The molecule has 0 spiro atoms. The minimum absolute atomic E-state index is 0.0457. The van der Waals surface area contributed by atoms with Crippen LogP contribution in [0.1, 0.15) is 5.82 Å². The second kappa shape index (κ2) is 10.1. The zero-order valence-corrected chi connectivity index (χ0v) is 17.3. The smallest absolute Gasteiger partial charge is 0.257 e. The van der Waals surface area contributed by atoms with E-state index in [1.165, 1.54) is 0 Å². The highest BCUT2D eigenvalue weighted by Gasteiger charge is 2.20. The van der Waals surface area contributed by atoms with Gasteiger partial charge in [0.25, 0.3) is 5.91 Å². The zero-order chi connectivity index (χ0) is 21.5. The van der Waals surface area contributed by atoms with Gasteiger partial charge in [0.2, 0.25) is 5.91 Å². The number of nitrogens with one attached hydrogen (secondary N) is 1. The molecule has 2 amide bonds. The number of amides is 2. The van der Waals surface area contributed by atoms with Crippen LogP contribution in [0.3, 0.4) is 0 Å². The largest absolute Gasteiger partial charge is 0.484 e. The van der Waals surface area contributed by atoms with Crippen molar-refractivity contribution in [1.29, 1.82) is 0 Å². The molecule has 0 aliphatic carbocycles. The number of carbonyl (C=O) groups is 2. The van der Waals surface area contributed by atoms with E-state index in [0.29, 0.717) is 45.0 Å². The number of hydrogen-bond acceptors (Lipinski definition) is 5. The topological polar surface area (TPSA) is 85.7 Å². The Morgan fingerprint density at radius 2 is 1.77 bits per heavy atom. The van der Waals surface area contributed by atoms with Gasteiger partial charge in [-0.25, -0.2) is 4.98 Å². The van der Waals surface area contributed by atoms with Crippen molar-refractivity contribution >= 4 is 22.8 Å². The lowest BCUT2D eigenvalue weighted by Gasteiger charge is -2.27. The summed E-state index contributed by atoms with van der Waals surface area (Å²) in [4.78, 5) is 31.4. The maximum absolute atomic E-state index is 12.8. The zero-order valence-electron chi connectivity index (χ0n) is 17.3. The van der Waals surface area contributed by atoms with Gasteiger partial charge in [0.05, 0.1) is 24.2 Å². The summed E-state index contributed by atoms with van der Waals surface area (Å²) in [6, 6.07) is 17.0. The number of imidazole rings is 1. The third-order valence-corrected chi connectivity index (χ3v) is 5.17. The van der Waals surface area contributed by atoms with Gasteiger partial charge >= 0.3 is 0 Å². The van der Waals surface area contributed by atoms with Gasteiger partial charge in [0, 0.05) is 26.1 Å². The number of carbonyl (C=O) groups excluding carboxylic acids is 2. The summed E-state index contributed by atoms with van der Waals surface area (Å²) < 4.78 is 12.8. The minimum Gasteiger partial charge on any atom is -0.484 e. The summed E-state index contributed by atoms with van der Waals surface area (Å²) >= 11 is 0. The molecule has 162 valence electrons. The van der Waals surface area contributed by atoms with Gasteiger partial charge in [0.15, 0.2) is 6.61 Å². The summed E-state index contributed by atoms with van der Waals surface area (Å²) in [5.74, 6) is 1.28. The first-order chi connectivity index (χ1) is 15.2. The molecule has 4 rings (SSSR count). The molecule has 31 heavy (non-hydrogen) atoms.